The van der Waals surface area contributed by atoms with Crippen LogP contribution in [0.1, 0.15) is 39.5 Å². The maximum Gasteiger partial charge on any atom is 0.140 e. The zero-order valence-corrected chi connectivity index (χ0v) is 11.7. The number of rotatable bonds is 2. The summed E-state index contributed by atoms with van der Waals surface area (Å²) in [6, 6.07) is 0. The second-order valence-electron chi connectivity index (χ2n) is 6.44. The van der Waals surface area contributed by atoms with E-state index in [9.17, 15) is 9.90 Å². The number of ketones is 1. The molecule has 3 heteroatoms. The molecule has 0 aromatic rings. The van der Waals surface area contributed by atoms with Crippen molar-refractivity contribution in [3.63, 3.8) is 0 Å². The summed E-state index contributed by atoms with van der Waals surface area (Å²) in [7, 11) is 0. The Hall–Kier alpha value is -1.09. The Labute approximate surface area is 114 Å². The van der Waals surface area contributed by atoms with E-state index >= 15 is 0 Å². The highest BCUT2D eigenvalue weighted by Gasteiger charge is 2.74. The van der Waals surface area contributed by atoms with Crippen molar-refractivity contribution in [2.45, 2.75) is 51.2 Å². The summed E-state index contributed by atoms with van der Waals surface area (Å²) in [5, 5.41) is 10.9. The molecule has 3 aliphatic rings. The number of allylic oxidation sites excluding steroid dienone is 1. The summed E-state index contributed by atoms with van der Waals surface area (Å²) >= 11 is 0. The molecule has 0 radical (unpaired) electrons. The molecule has 0 aromatic carbocycles. The molecular weight excluding hydrogens is 240 g/mol. The van der Waals surface area contributed by atoms with E-state index in [1.165, 1.54) is 0 Å². The van der Waals surface area contributed by atoms with Crippen LogP contribution in [0.5, 0.6) is 0 Å². The van der Waals surface area contributed by atoms with Crippen LogP contribution in [0, 0.1) is 17.3 Å². The lowest BCUT2D eigenvalue weighted by molar-refractivity contribution is -0.240. The number of hydrogen-bond donors (Lipinski definition) is 1. The van der Waals surface area contributed by atoms with Crippen LogP contribution in [0.25, 0.3) is 0 Å². The predicted molar refractivity (Wildman–Crippen MR) is 72.3 cm³/mol. The van der Waals surface area contributed by atoms with Crippen LogP contribution in [0.2, 0.25) is 0 Å². The maximum absolute atomic E-state index is 12.1. The molecule has 1 saturated carbocycles. The maximum atomic E-state index is 12.1. The molecule has 19 heavy (non-hydrogen) atoms. The van der Waals surface area contributed by atoms with Gasteiger partial charge in [0.25, 0.3) is 0 Å². The van der Waals surface area contributed by atoms with Gasteiger partial charge in [0.2, 0.25) is 0 Å². The normalized spacial score (nSPS) is 46.5. The van der Waals surface area contributed by atoms with Crippen LogP contribution < -0.4 is 0 Å². The van der Waals surface area contributed by atoms with Crippen LogP contribution in [0.4, 0.5) is 0 Å². The van der Waals surface area contributed by atoms with Gasteiger partial charge in [-0.2, -0.15) is 0 Å². The minimum Gasteiger partial charge on any atom is -0.490 e. The van der Waals surface area contributed by atoms with Crippen molar-refractivity contribution in [2.24, 2.45) is 17.3 Å². The molecule has 1 aliphatic heterocycles. The first-order chi connectivity index (χ1) is 8.93. The van der Waals surface area contributed by atoms with Crippen molar-refractivity contribution in [1.82, 2.24) is 0 Å². The van der Waals surface area contributed by atoms with Gasteiger partial charge < -0.3 is 9.84 Å². The van der Waals surface area contributed by atoms with Gasteiger partial charge in [0.15, 0.2) is 0 Å². The average molecular weight is 262 g/mol. The van der Waals surface area contributed by atoms with Gasteiger partial charge in [-0.1, -0.05) is 25.7 Å². The Bertz CT molecular complexity index is 467. The fourth-order valence-electron chi connectivity index (χ4n) is 4.18. The third-order valence-electron chi connectivity index (χ3n) is 5.68. The molecule has 0 aromatic heterocycles. The van der Waals surface area contributed by atoms with Crippen LogP contribution in [0.15, 0.2) is 24.5 Å². The standard InChI is InChI=1S/C16H22O3/c1-10-13(17)9-16(11(2)19-15(10,16)3)14(18)12-7-5-4-6-8-12/h5,7,10,12,14,18H,2,4,6,8-9H2,1,3H3/t10-,12-,14+,15+,16+/m1/s1. The van der Waals surface area contributed by atoms with E-state index < -0.39 is 17.1 Å². The minimum absolute atomic E-state index is 0.117. The third-order valence-corrected chi connectivity index (χ3v) is 5.68. The molecule has 104 valence electrons. The molecule has 0 spiro atoms. The van der Waals surface area contributed by atoms with Crippen molar-refractivity contribution in [3.05, 3.63) is 24.5 Å². The van der Waals surface area contributed by atoms with Gasteiger partial charge in [-0.05, 0) is 26.2 Å². The van der Waals surface area contributed by atoms with Gasteiger partial charge in [0.05, 0.1) is 12.0 Å². The number of hydrogen-bond acceptors (Lipinski definition) is 3. The molecule has 1 saturated heterocycles. The fourth-order valence-corrected chi connectivity index (χ4v) is 4.18. The molecule has 0 bridgehead atoms. The molecular formula is C16H22O3. The summed E-state index contributed by atoms with van der Waals surface area (Å²) < 4.78 is 5.75. The first-order valence-electron chi connectivity index (χ1n) is 7.19. The molecule has 3 nitrogen and oxygen atoms in total. The zero-order chi connectivity index (χ0) is 13.8. The first-order valence-corrected chi connectivity index (χ1v) is 7.19. The minimum atomic E-state index is -0.578. The SMILES string of the molecule is C=C1O[C@@]2(C)[C@H](C)C(=O)C[C@@]12[C@@H](O)[C@@H]1C=CCCC1. The lowest BCUT2D eigenvalue weighted by Crippen LogP contribution is -2.65. The molecule has 0 amide bonds. The third kappa shape index (κ3) is 1.40. The highest BCUT2D eigenvalue weighted by molar-refractivity contribution is 5.87. The number of aliphatic hydroxyl groups is 1. The highest BCUT2D eigenvalue weighted by Crippen LogP contribution is 2.66. The second kappa shape index (κ2) is 3.95. The van der Waals surface area contributed by atoms with Crippen LogP contribution >= 0.6 is 0 Å². The van der Waals surface area contributed by atoms with Crippen molar-refractivity contribution in [3.8, 4) is 0 Å². The second-order valence-corrected chi connectivity index (χ2v) is 6.44. The van der Waals surface area contributed by atoms with E-state index in [-0.39, 0.29) is 17.6 Å². The molecule has 2 fully saturated rings. The van der Waals surface area contributed by atoms with E-state index in [0.717, 1.165) is 19.3 Å². The molecule has 1 heterocycles. The van der Waals surface area contributed by atoms with E-state index in [1.54, 1.807) is 0 Å². The smallest absolute Gasteiger partial charge is 0.140 e. The van der Waals surface area contributed by atoms with E-state index in [1.807, 2.05) is 13.8 Å². The summed E-state index contributed by atoms with van der Waals surface area (Å²) in [5.41, 5.74) is -1.15. The molecule has 5 atom stereocenters. The van der Waals surface area contributed by atoms with Gasteiger partial charge in [0.1, 0.15) is 22.6 Å². The first kappa shape index (κ1) is 12.9. The number of carbonyl (C=O) groups excluding carboxylic acids is 1. The Morgan fingerprint density at radius 2 is 2.32 bits per heavy atom. The Morgan fingerprint density at radius 1 is 1.58 bits per heavy atom. The van der Waals surface area contributed by atoms with Crippen molar-refractivity contribution in [1.29, 1.82) is 0 Å². The molecule has 0 unspecified atom stereocenters. The Kier molecular flexibility index (Phi) is 2.69. The molecule has 3 rings (SSSR count). The van der Waals surface area contributed by atoms with Gasteiger partial charge >= 0.3 is 0 Å². The summed E-state index contributed by atoms with van der Waals surface area (Å²) in [5.74, 6) is 0.728. The quantitative estimate of drug-likeness (QED) is 0.778. The summed E-state index contributed by atoms with van der Waals surface area (Å²) in [4.78, 5) is 12.1. The topological polar surface area (TPSA) is 46.5 Å². The van der Waals surface area contributed by atoms with Crippen molar-refractivity contribution < 1.29 is 14.6 Å². The Balaban J connectivity index is 1.97. The number of aliphatic hydroxyl groups excluding tert-OH is 1. The number of Topliss-reactive ketones (excluding diaryl/α,β-unsaturated/α-hetero) is 1. The van der Waals surface area contributed by atoms with Gasteiger partial charge in [-0.15, -0.1) is 0 Å². The number of ether oxygens (including phenoxy) is 1. The molecule has 1 N–H and O–H groups in total. The van der Waals surface area contributed by atoms with E-state index in [2.05, 4.69) is 18.7 Å². The van der Waals surface area contributed by atoms with E-state index in [4.69, 9.17) is 4.74 Å². The van der Waals surface area contributed by atoms with Crippen LogP contribution in [-0.2, 0) is 9.53 Å². The number of carbonyl (C=O) groups is 1. The summed E-state index contributed by atoms with van der Waals surface area (Å²) in [6.07, 6.45) is 7.20. The Morgan fingerprint density at radius 3 is 2.84 bits per heavy atom. The average Bonchev–Trinajstić information content (AvgIpc) is 2.57. The van der Waals surface area contributed by atoms with Crippen molar-refractivity contribution in [2.75, 3.05) is 0 Å². The lowest BCUT2D eigenvalue weighted by Gasteiger charge is -2.59. The van der Waals surface area contributed by atoms with E-state index in [0.29, 0.717) is 12.2 Å². The molecule has 2 aliphatic carbocycles. The fraction of sp³-hybridized carbons (Fsp3) is 0.688. The number of fused-ring (bicyclic) bond motifs is 1. The highest BCUT2D eigenvalue weighted by atomic mass is 16.5. The van der Waals surface area contributed by atoms with Gasteiger partial charge in [0, 0.05) is 12.3 Å². The van der Waals surface area contributed by atoms with Gasteiger partial charge in [-0.3, -0.25) is 4.79 Å². The predicted octanol–water partition coefficient (Wildman–Crippen LogP) is 2.60. The van der Waals surface area contributed by atoms with Gasteiger partial charge in [-0.25, -0.2) is 0 Å². The van der Waals surface area contributed by atoms with Crippen molar-refractivity contribution >= 4 is 5.78 Å². The zero-order valence-electron chi connectivity index (χ0n) is 11.7. The van der Waals surface area contributed by atoms with Crippen LogP contribution in [0.3, 0.4) is 0 Å². The van der Waals surface area contributed by atoms with Crippen LogP contribution in [-0.4, -0.2) is 22.6 Å². The largest absolute Gasteiger partial charge is 0.490 e. The summed E-state index contributed by atoms with van der Waals surface area (Å²) in [6.45, 7) is 7.80. The monoisotopic (exact) mass is 262 g/mol. The lowest BCUT2D eigenvalue weighted by atomic mass is 9.60.